The van der Waals surface area contributed by atoms with Crippen LogP contribution >= 0.6 is 0 Å². The molecule has 0 aliphatic rings. The minimum atomic E-state index is -1.03. The quantitative estimate of drug-likeness (QED) is 0.765. The number of hydrogen-bond acceptors (Lipinski definition) is 4. The number of carboxylic acid groups (broad SMARTS) is 1. The molecule has 6 heteroatoms. The topological polar surface area (TPSA) is 84.9 Å². The SMILES string of the molecule is COc1cccc(OC)c1CC(=O)N[C@@H](CC(C)C)C(=O)O. The number of aliphatic carboxylic acids is 1. The van der Waals surface area contributed by atoms with Gasteiger partial charge in [-0.15, -0.1) is 0 Å². The van der Waals surface area contributed by atoms with Crippen LogP contribution < -0.4 is 14.8 Å². The van der Waals surface area contributed by atoms with Crippen molar-refractivity contribution in [1.82, 2.24) is 5.32 Å². The van der Waals surface area contributed by atoms with Crippen LogP contribution in [0, 0.1) is 5.92 Å². The zero-order valence-corrected chi connectivity index (χ0v) is 13.4. The van der Waals surface area contributed by atoms with Crippen molar-refractivity contribution in [2.75, 3.05) is 14.2 Å². The van der Waals surface area contributed by atoms with E-state index in [0.29, 0.717) is 23.5 Å². The maximum Gasteiger partial charge on any atom is 0.326 e. The van der Waals surface area contributed by atoms with E-state index in [1.807, 2.05) is 13.8 Å². The molecule has 1 aromatic rings. The molecule has 0 saturated carbocycles. The Morgan fingerprint density at radius 1 is 1.18 bits per heavy atom. The summed E-state index contributed by atoms with van der Waals surface area (Å²) in [6, 6.07) is 4.33. The van der Waals surface area contributed by atoms with E-state index in [0.717, 1.165) is 0 Å². The highest BCUT2D eigenvalue weighted by molar-refractivity contribution is 5.85. The number of nitrogens with one attached hydrogen (secondary N) is 1. The van der Waals surface area contributed by atoms with E-state index in [2.05, 4.69) is 5.32 Å². The first-order valence-corrected chi connectivity index (χ1v) is 7.11. The van der Waals surface area contributed by atoms with E-state index in [1.165, 1.54) is 14.2 Å². The van der Waals surface area contributed by atoms with Crippen molar-refractivity contribution in [3.63, 3.8) is 0 Å². The van der Waals surface area contributed by atoms with E-state index in [9.17, 15) is 14.7 Å². The molecular formula is C16H23NO5. The van der Waals surface area contributed by atoms with Crippen LogP contribution in [0.2, 0.25) is 0 Å². The largest absolute Gasteiger partial charge is 0.496 e. The number of carbonyl (C=O) groups excluding carboxylic acids is 1. The fraction of sp³-hybridized carbons (Fsp3) is 0.500. The molecule has 122 valence electrons. The van der Waals surface area contributed by atoms with E-state index in [-0.39, 0.29) is 18.2 Å². The van der Waals surface area contributed by atoms with Gasteiger partial charge in [0.25, 0.3) is 0 Å². The van der Waals surface area contributed by atoms with Crippen molar-refractivity contribution in [2.45, 2.75) is 32.7 Å². The first kappa shape index (κ1) is 17.8. The smallest absolute Gasteiger partial charge is 0.326 e. The molecule has 6 nitrogen and oxygen atoms in total. The molecule has 1 aromatic carbocycles. The molecule has 0 radical (unpaired) electrons. The van der Waals surface area contributed by atoms with Crippen LogP contribution in [-0.2, 0) is 16.0 Å². The van der Waals surface area contributed by atoms with E-state index >= 15 is 0 Å². The number of carbonyl (C=O) groups is 2. The molecule has 1 amide bonds. The minimum absolute atomic E-state index is 0.00490. The molecule has 22 heavy (non-hydrogen) atoms. The number of rotatable bonds is 8. The number of methoxy groups -OCH3 is 2. The normalized spacial score (nSPS) is 11.9. The Balaban J connectivity index is 2.86. The fourth-order valence-electron chi connectivity index (χ4n) is 2.20. The first-order valence-electron chi connectivity index (χ1n) is 7.11. The third kappa shape index (κ3) is 4.95. The lowest BCUT2D eigenvalue weighted by molar-refractivity contribution is -0.142. The van der Waals surface area contributed by atoms with Gasteiger partial charge in [-0.2, -0.15) is 0 Å². The Labute approximate surface area is 130 Å². The molecule has 0 unspecified atom stereocenters. The van der Waals surface area contributed by atoms with Gasteiger partial charge in [0.05, 0.1) is 20.6 Å². The van der Waals surface area contributed by atoms with Crippen molar-refractivity contribution in [3.8, 4) is 11.5 Å². The second-order valence-corrected chi connectivity index (χ2v) is 5.41. The van der Waals surface area contributed by atoms with Crippen LogP contribution in [0.15, 0.2) is 18.2 Å². The lowest BCUT2D eigenvalue weighted by Gasteiger charge is -2.18. The van der Waals surface area contributed by atoms with Crippen molar-refractivity contribution in [2.24, 2.45) is 5.92 Å². The Kier molecular flexibility index (Phi) is 6.69. The molecule has 0 aliphatic heterocycles. The standard InChI is InChI=1S/C16H23NO5/c1-10(2)8-12(16(19)20)17-15(18)9-11-13(21-3)6-5-7-14(11)22-4/h5-7,10,12H,8-9H2,1-4H3,(H,17,18)(H,19,20)/t12-/m0/s1. The molecule has 0 aliphatic carbocycles. The predicted octanol–water partition coefficient (Wildman–Crippen LogP) is 1.86. The van der Waals surface area contributed by atoms with Crippen LogP contribution in [-0.4, -0.2) is 37.2 Å². The zero-order valence-electron chi connectivity index (χ0n) is 13.4. The van der Waals surface area contributed by atoms with Crippen LogP contribution in [0.3, 0.4) is 0 Å². The lowest BCUT2D eigenvalue weighted by atomic mass is 10.0. The van der Waals surface area contributed by atoms with Gasteiger partial charge < -0.3 is 19.9 Å². The summed E-state index contributed by atoms with van der Waals surface area (Å²) >= 11 is 0. The summed E-state index contributed by atoms with van der Waals surface area (Å²) in [6.07, 6.45) is 0.374. The Morgan fingerprint density at radius 3 is 2.14 bits per heavy atom. The van der Waals surface area contributed by atoms with Gasteiger partial charge in [-0.1, -0.05) is 19.9 Å². The molecule has 1 rings (SSSR count). The zero-order chi connectivity index (χ0) is 16.7. The Morgan fingerprint density at radius 2 is 1.73 bits per heavy atom. The van der Waals surface area contributed by atoms with Gasteiger partial charge in [0.1, 0.15) is 17.5 Å². The maximum atomic E-state index is 12.2. The molecule has 0 saturated heterocycles. The second-order valence-electron chi connectivity index (χ2n) is 5.41. The van der Waals surface area contributed by atoms with Gasteiger partial charge in [-0.05, 0) is 24.5 Å². The summed E-state index contributed by atoms with van der Waals surface area (Å²) in [4.78, 5) is 23.4. The third-order valence-electron chi connectivity index (χ3n) is 3.21. The van der Waals surface area contributed by atoms with E-state index in [4.69, 9.17) is 9.47 Å². The lowest BCUT2D eigenvalue weighted by Crippen LogP contribution is -2.42. The molecule has 0 aromatic heterocycles. The van der Waals surface area contributed by atoms with Crippen LogP contribution in [0.25, 0.3) is 0 Å². The molecule has 0 spiro atoms. The van der Waals surface area contributed by atoms with Gasteiger partial charge in [0.2, 0.25) is 5.91 Å². The van der Waals surface area contributed by atoms with Gasteiger partial charge in [0, 0.05) is 5.56 Å². The molecule has 0 fully saturated rings. The number of amides is 1. The van der Waals surface area contributed by atoms with Gasteiger partial charge >= 0.3 is 5.97 Å². The number of carboxylic acids is 1. The summed E-state index contributed by atoms with van der Waals surface area (Å²) in [5, 5.41) is 11.7. The predicted molar refractivity (Wildman–Crippen MR) is 82.3 cm³/mol. The van der Waals surface area contributed by atoms with Crippen LogP contribution in [0.5, 0.6) is 11.5 Å². The van der Waals surface area contributed by atoms with E-state index < -0.39 is 12.0 Å². The molecule has 1 atom stereocenters. The average Bonchev–Trinajstić information content (AvgIpc) is 2.46. The second kappa shape index (κ2) is 8.26. The molecule has 2 N–H and O–H groups in total. The number of ether oxygens (including phenoxy) is 2. The highest BCUT2D eigenvalue weighted by Crippen LogP contribution is 2.28. The summed E-state index contributed by atoms with van der Waals surface area (Å²) < 4.78 is 10.5. The Bertz CT molecular complexity index is 505. The van der Waals surface area contributed by atoms with Crippen LogP contribution in [0.4, 0.5) is 0 Å². The van der Waals surface area contributed by atoms with Crippen molar-refractivity contribution in [1.29, 1.82) is 0 Å². The number of hydrogen-bond donors (Lipinski definition) is 2. The highest BCUT2D eigenvalue weighted by atomic mass is 16.5. The minimum Gasteiger partial charge on any atom is -0.496 e. The molecule has 0 bridgehead atoms. The monoisotopic (exact) mass is 309 g/mol. The van der Waals surface area contributed by atoms with E-state index in [1.54, 1.807) is 18.2 Å². The van der Waals surface area contributed by atoms with Gasteiger partial charge in [0.15, 0.2) is 0 Å². The van der Waals surface area contributed by atoms with Crippen molar-refractivity contribution >= 4 is 11.9 Å². The van der Waals surface area contributed by atoms with Crippen LogP contribution in [0.1, 0.15) is 25.8 Å². The first-order chi connectivity index (χ1) is 10.4. The molecular weight excluding hydrogens is 286 g/mol. The summed E-state index contributed by atoms with van der Waals surface area (Å²) in [7, 11) is 3.02. The average molecular weight is 309 g/mol. The summed E-state index contributed by atoms with van der Waals surface area (Å²) in [5.74, 6) is -0.178. The third-order valence-corrected chi connectivity index (χ3v) is 3.21. The Hall–Kier alpha value is -2.24. The van der Waals surface area contributed by atoms with Gasteiger partial charge in [-0.3, -0.25) is 4.79 Å². The molecule has 0 heterocycles. The highest BCUT2D eigenvalue weighted by Gasteiger charge is 2.22. The summed E-state index contributed by atoms with van der Waals surface area (Å²) in [6.45, 7) is 3.82. The van der Waals surface area contributed by atoms with Crippen molar-refractivity contribution in [3.05, 3.63) is 23.8 Å². The van der Waals surface area contributed by atoms with Crippen molar-refractivity contribution < 1.29 is 24.2 Å². The summed E-state index contributed by atoms with van der Waals surface area (Å²) in [5.41, 5.74) is 0.596. The number of benzene rings is 1. The fourth-order valence-corrected chi connectivity index (χ4v) is 2.20. The maximum absolute atomic E-state index is 12.2. The van der Waals surface area contributed by atoms with Gasteiger partial charge in [-0.25, -0.2) is 4.79 Å².